The minimum atomic E-state index is -0.164. The molecule has 1 aliphatic heterocycles. The van der Waals surface area contributed by atoms with Gasteiger partial charge in [-0.25, -0.2) is 0 Å². The Kier molecular flexibility index (Phi) is 5.50. The number of amides is 2. The molecule has 0 aliphatic carbocycles. The lowest BCUT2D eigenvalue weighted by Crippen LogP contribution is -2.40. The Bertz CT molecular complexity index is 772. The van der Waals surface area contributed by atoms with E-state index in [0.29, 0.717) is 23.8 Å². The topological polar surface area (TPSA) is 61.4 Å². The fraction of sp³-hybridized carbons (Fsp3) is 0.368. The zero-order valence-corrected chi connectivity index (χ0v) is 15.4. The molecule has 0 bridgehead atoms. The molecule has 1 aromatic carbocycles. The van der Waals surface area contributed by atoms with E-state index >= 15 is 0 Å². The van der Waals surface area contributed by atoms with Gasteiger partial charge in [0.05, 0.1) is 6.54 Å². The summed E-state index contributed by atoms with van der Waals surface area (Å²) in [7, 11) is 1.59. The van der Waals surface area contributed by atoms with Crippen molar-refractivity contribution in [3.63, 3.8) is 0 Å². The van der Waals surface area contributed by atoms with Crippen molar-refractivity contribution in [2.45, 2.75) is 25.8 Å². The molecular weight excluding hydrogens is 334 g/mol. The van der Waals surface area contributed by atoms with Gasteiger partial charge in [0, 0.05) is 35.8 Å². The van der Waals surface area contributed by atoms with E-state index in [1.165, 1.54) is 10.4 Å². The van der Waals surface area contributed by atoms with E-state index in [4.69, 9.17) is 0 Å². The molecule has 3 rings (SSSR count). The molecule has 6 heteroatoms. The number of fused-ring (bicyclic) bond motifs is 1. The molecule has 132 valence electrons. The Labute approximate surface area is 152 Å². The van der Waals surface area contributed by atoms with Gasteiger partial charge in [0.1, 0.15) is 0 Å². The first kappa shape index (κ1) is 17.6. The first-order valence-corrected chi connectivity index (χ1v) is 9.42. The smallest absolute Gasteiger partial charge is 0.251 e. The third kappa shape index (κ3) is 3.91. The monoisotopic (exact) mass is 357 g/mol. The SMILES string of the molecule is CC[C@H]1c2ccsc2CCN1CC(=O)Nc1cccc(C(=O)NC)c1. The number of carbonyl (C=O) groups excluding carboxylic acids is 2. The Morgan fingerprint density at radius 3 is 2.92 bits per heavy atom. The molecule has 0 saturated carbocycles. The number of thiophene rings is 1. The molecule has 2 N–H and O–H groups in total. The summed E-state index contributed by atoms with van der Waals surface area (Å²) in [6.45, 7) is 3.42. The van der Waals surface area contributed by atoms with Crippen LogP contribution in [0.25, 0.3) is 0 Å². The van der Waals surface area contributed by atoms with Crippen molar-refractivity contribution >= 4 is 28.8 Å². The predicted molar refractivity (Wildman–Crippen MR) is 101 cm³/mol. The molecule has 0 spiro atoms. The molecule has 1 atom stereocenters. The highest BCUT2D eigenvalue weighted by molar-refractivity contribution is 7.10. The first-order chi connectivity index (χ1) is 12.1. The summed E-state index contributed by atoms with van der Waals surface area (Å²) in [5.74, 6) is -0.214. The third-order valence-electron chi connectivity index (χ3n) is 4.57. The summed E-state index contributed by atoms with van der Waals surface area (Å²) < 4.78 is 0. The maximum Gasteiger partial charge on any atom is 0.251 e. The van der Waals surface area contributed by atoms with Crippen LogP contribution in [0, 0.1) is 0 Å². The zero-order valence-electron chi connectivity index (χ0n) is 14.5. The number of hydrogen-bond acceptors (Lipinski definition) is 4. The van der Waals surface area contributed by atoms with Gasteiger partial charge in [-0.1, -0.05) is 13.0 Å². The number of nitrogens with one attached hydrogen (secondary N) is 2. The van der Waals surface area contributed by atoms with Crippen LogP contribution >= 0.6 is 11.3 Å². The summed E-state index contributed by atoms with van der Waals surface area (Å²) in [5.41, 5.74) is 2.55. The highest BCUT2D eigenvalue weighted by Gasteiger charge is 2.28. The number of carbonyl (C=O) groups is 2. The second kappa shape index (κ2) is 7.80. The first-order valence-electron chi connectivity index (χ1n) is 8.54. The number of rotatable bonds is 5. The van der Waals surface area contributed by atoms with Gasteiger partial charge < -0.3 is 10.6 Å². The summed E-state index contributed by atoms with van der Waals surface area (Å²) in [6.07, 6.45) is 1.99. The van der Waals surface area contributed by atoms with E-state index in [9.17, 15) is 9.59 Å². The molecule has 1 aliphatic rings. The van der Waals surface area contributed by atoms with Crippen LogP contribution in [-0.2, 0) is 11.2 Å². The van der Waals surface area contributed by atoms with Crippen LogP contribution in [0.15, 0.2) is 35.7 Å². The number of anilines is 1. The maximum absolute atomic E-state index is 12.5. The summed E-state index contributed by atoms with van der Waals surface area (Å²) in [6, 6.07) is 9.48. The molecule has 0 fully saturated rings. The molecule has 0 unspecified atom stereocenters. The lowest BCUT2D eigenvalue weighted by atomic mass is 9.98. The van der Waals surface area contributed by atoms with Crippen LogP contribution in [0.3, 0.4) is 0 Å². The Morgan fingerprint density at radius 2 is 2.16 bits per heavy atom. The highest BCUT2D eigenvalue weighted by Crippen LogP contribution is 2.34. The van der Waals surface area contributed by atoms with Crippen molar-refractivity contribution in [3.8, 4) is 0 Å². The molecule has 1 aromatic heterocycles. The van der Waals surface area contributed by atoms with Gasteiger partial charge in [0.25, 0.3) is 5.91 Å². The Balaban J connectivity index is 1.66. The van der Waals surface area contributed by atoms with Crippen molar-refractivity contribution in [2.75, 3.05) is 25.5 Å². The van der Waals surface area contributed by atoms with Crippen LogP contribution in [0.5, 0.6) is 0 Å². The molecule has 2 aromatic rings. The quantitative estimate of drug-likeness (QED) is 0.865. The van der Waals surface area contributed by atoms with Crippen LogP contribution in [0.2, 0.25) is 0 Å². The zero-order chi connectivity index (χ0) is 17.8. The lowest BCUT2D eigenvalue weighted by Gasteiger charge is -2.34. The van der Waals surface area contributed by atoms with Crippen LogP contribution in [-0.4, -0.2) is 36.9 Å². The van der Waals surface area contributed by atoms with Gasteiger partial charge in [-0.05, 0) is 48.1 Å². The third-order valence-corrected chi connectivity index (χ3v) is 5.57. The molecule has 2 heterocycles. The fourth-order valence-corrected chi connectivity index (χ4v) is 4.31. The van der Waals surface area contributed by atoms with Crippen LogP contribution < -0.4 is 10.6 Å². The molecule has 0 radical (unpaired) electrons. The van der Waals surface area contributed by atoms with Gasteiger partial charge in [0.15, 0.2) is 0 Å². The molecule has 5 nitrogen and oxygen atoms in total. The standard InChI is InChI=1S/C19H23N3O2S/c1-3-16-15-8-10-25-17(15)7-9-22(16)12-18(23)21-14-6-4-5-13(11-14)19(24)20-2/h4-6,8,10-11,16H,3,7,9,12H2,1-2H3,(H,20,24)(H,21,23)/t16-/m0/s1. The van der Waals surface area contributed by atoms with Crippen molar-refractivity contribution in [1.29, 1.82) is 0 Å². The van der Waals surface area contributed by atoms with Gasteiger partial charge in [-0.2, -0.15) is 0 Å². The molecular formula is C19H23N3O2S. The van der Waals surface area contributed by atoms with E-state index in [-0.39, 0.29) is 11.8 Å². The number of hydrogen-bond donors (Lipinski definition) is 2. The summed E-state index contributed by atoms with van der Waals surface area (Å²) in [4.78, 5) is 27.9. The van der Waals surface area contributed by atoms with Crippen molar-refractivity contribution in [2.24, 2.45) is 0 Å². The largest absolute Gasteiger partial charge is 0.355 e. The van der Waals surface area contributed by atoms with Gasteiger partial charge >= 0.3 is 0 Å². The second-order valence-electron chi connectivity index (χ2n) is 6.15. The molecule has 2 amide bonds. The Morgan fingerprint density at radius 1 is 1.32 bits per heavy atom. The predicted octanol–water partition coefficient (Wildman–Crippen LogP) is 3.06. The molecule has 25 heavy (non-hydrogen) atoms. The number of nitrogens with zero attached hydrogens (tertiary/aromatic N) is 1. The minimum absolute atomic E-state index is 0.0498. The average molecular weight is 357 g/mol. The fourth-order valence-electron chi connectivity index (χ4n) is 3.38. The van der Waals surface area contributed by atoms with E-state index in [0.717, 1.165) is 19.4 Å². The minimum Gasteiger partial charge on any atom is -0.355 e. The van der Waals surface area contributed by atoms with Crippen LogP contribution in [0.4, 0.5) is 5.69 Å². The normalized spacial score (nSPS) is 17.0. The second-order valence-corrected chi connectivity index (χ2v) is 7.15. The van der Waals surface area contributed by atoms with Crippen molar-refractivity contribution in [1.82, 2.24) is 10.2 Å². The lowest BCUT2D eigenvalue weighted by molar-refractivity contribution is -0.118. The van der Waals surface area contributed by atoms with Gasteiger partial charge in [-0.3, -0.25) is 14.5 Å². The van der Waals surface area contributed by atoms with E-state index in [1.807, 2.05) is 11.3 Å². The van der Waals surface area contributed by atoms with E-state index < -0.39 is 0 Å². The van der Waals surface area contributed by atoms with Crippen LogP contribution in [0.1, 0.15) is 40.2 Å². The van der Waals surface area contributed by atoms with Crippen molar-refractivity contribution < 1.29 is 9.59 Å². The average Bonchev–Trinajstić information content (AvgIpc) is 3.09. The van der Waals surface area contributed by atoms with E-state index in [1.54, 1.807) is 31.3 Å². The molecule has 0 saturated heterocycles. The maximum atomic E-state index is 12.5. The van der Waals surface area contributed by atoms with E-state index in [2.05, 4.69) is 33.9 Å². The number of benzene rings is 1. The summed E-state index contributed by atoms with van der Waals surface area (Å²) >= 11 is 1.81. The van der Waals surface area contributed by atoms with Gasteiger partial charge in [-0.15, -0.1) is 11.3 Å². The van der Waals surface area contributed by atoms with Gasteiger partial charge in [0.2, 0.25) is 5.91 Å². The van der Waals surface area contributed by atoms with Crippen molar-refractivity contribution in [3.05, 3.63) is 51.7 Å². The Hall–Kier alpha value is -2.18. The summed E-state index contributed by atoms with van der Waals surface area (Å²) in [5, 5.41) is 7.64. The highest BCUT2D eigenvalue weighted by atomic mass is 32.1.